The summed E-state index contributed by atoms with van der Waals surface area (Å²) in [7, 11) is 0. The van der Waals surface area contributed by atoms with E-state index in [-0.39, 0.29) is 22.1 Å². The molecule has 1 rings (SSSR count). The van der Waals surface area contributed by atoms with Gasteiger partial charge < -0.3 is 15.9 Å². The second-order valence-corrected chi connectivity index (χ2v) is 5.40. The molecule has 0 saturated carbocycles. The lowest BCUT2D eigenvalue weighted by Gasteiger charge is -2.19. The number of carbonyl (C=O) groups is 1. The lowest BCUT2D eigenvalue weighted by molar-refractivity contribution is -0.137. The van der Waals surface area contributed by atoms with Gasteiger partial charge in [0.15, 0.2) is 5.12 Å². The van der Waals surface area contributed by atoms with Gasteiger partial charge in [-0.05, 0) is 23.8 Å². The molecule has 0 heterocycles. The van der Waals surface area contributed by atoms with Crippen molar-refractivity contribution in [1.29, 1.82) is 0 Å². The van der Waals surface area contributed by atoms with Crippen molar-refractivity contribution in [3.63, 3.8) is 0 Å². The number of hydrogen-bond donors (Lipinski definition) is 3. The molecule has 0 fully saturated rings. The summed E-state index contributed by atoms with van der Waals surface area (Å²) >= 11 is 0.774. The summed E-state index contributed by atoms with van der Waals surface area (Å²) in [6.45, 7) is 1.28. The topological polar surface area (TPSA) is 83.5 Å². The number of alkyl halides is 3. The number of nitrogens with two attached hydrogens (primary N) is 1. The van der Waals surface area contributed by atoms with Crippen LogP contribution in [0.2, 0.25) is 0 Å². The quantitative estimate of drug-likeness (QED) is 0.741. The lowest BCUT2D eigenvalue weighted by atomic mass is 10.0. The van der Waals surface area contributed by atoms with Crippen LogP contribution in [0, 0.1) is 0 Å². The number of rotatable bonds is 4. The number of aliphatic hydroxyl groups excluding tert-OH is 2. The van der Waals surface area contributed by atoms with Gasteiger partial charge in [-0.25, -0.2) is 0 Å². The minimum Gasteiger partial charge on any atom is -0.399 e. The van der Waals surface area contributed by atoms with Gasteiger partial charge in [0.1, 0.15) is 6.10 Å². The van der Waals surface area contributed by atoms with Crippen LogP contribution in [0.4, 0.5) is 18.9 Å². The van der Waals surface area contributed by atoms with Crippen molar-refractivity contribution in [2.45, 2.75) is 25.3 Å². The van der Waals surface area contributed by atoms with E-state index < -0.39 is 23.9 Å². The first-order chi connectivity index (χ1) is 9.11. The summed E-state index contributed by atoms with van der Waals surface area (Å²) in [6, 6.07) is 2.62. The summed E-state index contributed by atoms with van der Waals surface area (Å²) in [5.74, 6) is -0.118. The molecule has 0 saturated heterocycles. The number of benzene rings is 1. The van der Waals surface area contributed by atoms with Crippen molar-refractivity contribution >= 4 is 22.6 Å². The largest absolute Gasteiger partial charge is 0.416 e. The molecule has 0 aliphatic heterocycles. The maximum atomic E-state index is 12.6. The van der Waals surface area contributed by atoms with Gasteiger partial charge >= 0.3 is 6.18 Å². The van der Waals surface area contributed by atoms with Crippen molar-refractivity contribution in [3.05, 3.63) is 29.3 Å². The maximum Gasteiger partial charge on any atom is 0.416 e. The summed E-state index contributed by atoms with van der Waals surface area (Å²) in [5, 5.41) is 19.2. The molecule has 2 atom stereocenters. The van der Waals surface area contributed by atoms with Crippen molar-refractivity contribution in [1.82, 2.24) is 0 Å². The third-order valence-corrected chi connectivity index (χ3v) is 3.38. The lowest BCUT2D eigenvalue weighted by Crippen LogP contribution is -2.22. The Hall–Kier alpha value is -1.25. The van der Waals surface area contributed by atoms with Crippen molar-refractivity contribution in [2.24, 2.45) is 0 Å². The first-order valence-corrected chi connectivity index (χ1v) is 6.57. The Morgan fingerprint density at radius 1 is 1.35 bits per heavy atom. The number of thioether (sulfide) groups is 1. The molecule has 1 aromatic rings. The van der Waals surface area contributed by atoms with Gasteiger partial charge in [0, 0.05) is 18.4 Å². The fourth-order valence-electron chi connectivity index (χ4n) is 1.53. The second-order valence-electron chi connectivity index (χ2n) is 4.20. The van der Waals surface area contributed by atoms with Crippen molar-refractivity contribution in [2.75, 3.05) is 11.5 Å². The molecule has 0 aromatic heterocycles. The van der Waals surface area contributed by atoms with Gasteiger partial charge in [0.05, 0.1) is 11.7 Å². The third kappa shape index (κ3) is 4.69. The average Bonchev–Trinajstić information content (AvgIpc) is 2.33. The minimum absolute atomic E-state index is 0.118. The van der Waals surface area contributed by atoms with Crippen LogP contribution in [0.25, 0.3) is 0 Å². The molecule has 20 heavy (non-hydrogen) atoms. The predicted molar refractivity (Wildman–Crippen MR) is 70.0 cm³/mol. The molecule has 4 nitrogen and oxygen atoms in total. The molecule has 8 heteroatoms. The zero-order valence-corrected chi connectivity index (χ0v) is 11.3. The van der Waals surface area contributed by atoms with E-state index in [9.17, 15) is 28.2 Å². The van der Waals surface area contributed by atoms with Crippen LogP contribution in [-0.2, 0) is 11.0 Å². The van der Waals surface area contributed by atoms with Crippen LogP contribution in [0.3, 0.4) is 0 Å². The summed E-state index contributed by atoms with van der Waals surface area (Å²) in [5.41, 5.74) is 4.05. The number of aliphatic hydroxyl groups is 2. The number of anilines is 1. The van der Waals surface area contributed by atoms with E-state index >= 15 is 0 Å². The van der Waals surface area contributed by atoms with E-state index in [0.717, 1.165) is 30.0 Å². The van der Waals surface area contributed by atoms with Crippen LogP contribution >= 0.6 is 11.8 Å². The summed E-state index contributed by atoms with van der Waals surface area (Å²) in [4.78, 5) is 10.7. The van der Waals surface area contributed by atoms with Crippen LogP contribution < -0.4 is 5.73 Å². The number of nitrogen functional groups attached to an aromatic ring is 1. The zero-order chi connectivity index (χ0) is 15.5. The van der Waals surface area contributed by atoms with Gasteiger partial charge in [-0.1, -0.05) is 11.8 Å². The molecule has 0 aliphatic carbocycles. The molecule has 2 unspecified atom stereocenters. The molecular weight excluding hydrogens is 295 g/mol. The summed E-state index contributed by atoms with van der Waals surface area (Å²) in [6.07, 6.45) is -7.51. The van der Waals surface area contributed by atoms with Gasteiger partial charge in [-0.15, -0.1) is 0 Å². The minimum atomic E-state index is -4.59. The number of halogens is 3. The maximum absolute atomic E-state index is 12.6. The standard InChI is InChI=1S/C12H14F3NO3S/c1-6(17)20-5-10(18)11(19)7-2-8(12(13,14)15)4-9(16)3-7/h2-4,10-11,18-19H,5,16H2,1H3. The van der Waals surface area contributed by atoms with Crippen molar-refractivity contribution < 1.29 is 28.2 Å². The van der Waals surface area contributed by atoms with Gasteiger partial charge in [-0.2, -0.15) is 13.2 Å². The van der Waals surface area contributed by atoms with E-state index in [1.807, 2.05) is 0 Å². The molecule has 0 spiro atoms. The highest BCUT2D eigenvalue weighted by Gasteiger charge is 2.32. The van der Waals surface area contributed by atoms with Crippen LogP contribution in [0.5, 0.6) is 0 Å². The Morgan fingerprint density at radius 3 is 2.45 bits per heavy atom. The van der Waals surface area contributed by atoms with Crippen LogP contribution in [-0.4, -0.2) is 27.2 Å². The monoisotopic (exact) mass is 309 g/mol. The van der Waals surface area contributed by atoms with Gasteiger partial charge in [0.25, 0.3) is 0 Å². The molecule has 1 aromatic carbocycles. The molecule has 0 amide bonds. The molecule has 0 radical (unpaired) electrons. The van der Waals surface area contributed by atoms with Crippen LogP contribution in [0.1, 0.15) is 24.2 Å². The normalized spacial score (nSPS) is 14.9. The van der Waals surface area contributed by atoms with Crippen LogP contribution in [0.15, 0.2) is 18.2 Å². The molecule has 0 aliphatic rings. The average molecular weight is 309 g/mol. The first kappa shape index (κ1) is 16.8. The molecule has 112 valence electrons. The highest BCUT2D eigenvalue weighted by atomic mass is 32.2. The number of hydrogen-bond acceptors (Lipinski definition) is 5. The SMILES string of the molecule is CC(=O)SCC(O)C(O)c1cc(N)cc(C(F)(F)F)c1. The third-order valence-electron chi connectivity index (χ3n) is 2.47. The summed E-state index contributed by atoms with van der Waals surface area (Å²) < 4.78 is 37.9. The first-order valence-electron chi connectivity index (χ1n) is 5.58. The predicted octanol–water partition coefficient (Wildman–Crippen LogP) is 1.96. The molecule has 0 bridgehead atoms. The van der Waals surface area contributed by atoms with Gasteiger partial charge in [0.2, 0.25) is 0 Å². The Labute approximate surface area is 117 Å². The Balaban J connectivity index is 2.95. The van der Waals surface area contributed by atoms with E-state index in [4.69, 9.17) is 5.73 Å². The van der Waals surface area contributed by atoms with Gasteiger partial charge in [-0.3, -0.25) is 4.79 Å². The highest BCUT2D eigenvalue weighted by molar-refractivity contribution is 8.13. The van der Waals surface area contributed by atoms with Crippen molar-refractivity contribution in [3.8, 4) is 0 Å². The molecular formula is C12H14F3NO3S. The highest BCUT2D eigenvalue weighted by Crippen LogP contribution is 2.33. The Kier molecular flexibility index (Phi) is 5.43. The fourth-order valence-corrected chi connectivity index (χ4v) is 2.11. The smallest absolute Gasteiger partial charge is 0.399 e. The Bertz CT molecular complexity index is 493. The van der Waals surface area contributed by atoms with E-state index in [1.54, 1.807) is 0 Å². The van der Waals surface area contributed by atoms with E-state index in [0.29, 0.717) is 0 Å². The zero-order valence-electron chi connectivity index (χ0n) is 10.5. The Morgan fingerprint density at radius 2 is 1.95 bits per heavy atom. The van der Waals surface area contributed by atoms with E-state index in [2.05, 4.69) is 0 Å². The number of carbonyl (C=O) groups excluding carboxylic acids is 1. The molecule has 4 N–H and O–H groups in total. The van der Waals surface area contributed by atoms with E-state index in [1.165, 1.54) is 6.92 Å². The second kappa shape index (κ2) is 6.47. The fraction of sp³-hybridized carbons (Fsp3) is 0.417.